The van der Waals surface area contributed by atoms with Crippen LogP contribution in [0.15, 0.2) is 70.8 Å². The first-order valence-electron chi connectivity index (χ1n) is 9.91. The minimum absolute atomic E-state index is 0.0931. The lowest BCUT2D eigenvalue weighted by Gasteiger charge is -2.14. The molecule has 0 bridgehead atoms. The van der Waals surface area contributed by atoms with E-state index in [1.165, 1.54) is 11.8 Å². The average molecular weight is 501 g/mol. The highest BCUT2D eigenvalue weighted by Crippen LogP contribution is 2.28. The summed E-state index contributed by atoms with van der Waals surface area (Å²) in [6.45, 7) is 8.83. The van der Waals surface area contributed by atoms with Gasteiger partial charge in [0.15, 0.2) is 11.0 Å². The summed E-state index contributed by atoms with van der Waals surface area (Å²) in [4.78, 5) is 12.6. The monoisotopic (exact) mass is 500 g/mol. The highest BCUT2D eigenvalue weighted by atomic mass is 79.9. The van der Waals surface area contributed by atoms with E-state index in [9.17, 15) is 4.79 Å². The zero-order chi connectivity index (χ0) is 22.2. The van der Waals surface area contributed by atoms with Gasteiger partial charge in [-0.3, -0.25) is 9.36 Å². The van der Waals surface area contributed by atoms with Crippen LogP contribution in [-0.2, 0) is 17.9 Å². The number of allylic oxidation sites excluding steroid dienone is 1. The molecule has 0 spiro atoms. The van der Waals surface area contributed by atoms with Crippen LogP contribution in [0.1, 0.15) is 31.2 Å². The van der Waals surface area contributed by atoms with E-state index >= 15 is 0 Å². The minimum atomic E-state index is -0.0931. The maximum absolute atomic E-state index is 12.6. The van der Waals surface area contributed by atoms with Gasteiger partial charge in [-0.2, -0.15) is 0 Å². The number of carbonyl (C=O) groups is 1. The number of hydrogen-bond donors (Lipinski definition) is 1. The van der Waals surface area contributed by atoms with Crippen molar-refractivity contribution in [3.05, 3.63) is 77.0 Å². The molecule has 31 heavy (non-hydrogen) atoms. The standard InChI is InChI=1S/C23H25BrN4O2S/c1-4-12-28-21(14-30-18-8-6-5-7-9-18)26-27-23(28)31-15-22(29)25-20-11-10-17(24)13-19(20)16(2)3/h4-11,13,16H,1,12,14-15H2,2-3H3,(H,25,29). The molecule has 0 aliphatic rings. The van der Waals surface area contributed by atoms with E-state index in [-0.39, 0.29) is 18.3 Å². The van der Waals surface area contributed by atoms with Crippen LogP contribution in [0, 0.1) is 0 Å². The summed E-state index contributed by atoms with van der Waals surface area (Å²) in [6, 6.07) is 15.4. The summed E-state index contributed by atoms with van der Waals surface area (Å²) < 4.78 is 8.69. The Hall–Kier alpha value is -2.58. The molecule has 0 unspecified atom stereocenters. The van der Waals surface area contributed by atoms with Gasteiger partial charge in [0, 0.05) is 16.7 Å². The number of amides is 1. The van der Waals surface area contributed by atoms with Gasteiger partial charge in [-0.05, 0) is 41.8 Å². The summed E-state index contributed by atoms with van der Waals surface area (Å²) >= 11 is 4.83. The van der Waals surface area contributed by atoms with Crippen molar-refractivity contribution in [1.82, 2.24) is 14.8 Å². The molecule has 8 heteroatoms. The number of aromatic nitrogens is 3. The van der Waals surface area contributed by atoms with Crippen LogP contribution in [0.25, 0.3) is 0 Å². The van der Waals surface area contributed by atoms with Crippen LogP contribution in [0.3, 0.4) is 0 Å². The van der Waals surface area contributed by atoms with Crippen molar-refractivity contribution in [2.24, 2.45) is 0 Å². The predicted molar refractivity (Wildman–Crippen MR) is 129 cm³/mol. The Morgan fingerprint density at radius 2 is 2.03 bits per heavy atom. The second-order valence-corrected chi connectivity index (χ2v) is 8.98. The summed E-state index contributed by atoms with van der Waals surface area (Å²) in [5.41, 5.74) is 1.91. The van der Waals surface area contributed by atoms with E-state index in [1.54, 1.807) is 6.08 Å². The number of ether oxygens (including phenoxy) is 1. The van der Waals surface area contributed by atoms with Gasteiger partial charge in [0.1, 0.15) is 12.4 Å². The first-order chi connectivity index (χ1) is 15.0. The fourth-order valence-corrected chi connectivity index (χ4v) is 4.10. The maximum Gasteiger partial charge on any atom is 0.234 e. The largest absolute Gasteiger partial charge is 0.486 e. The van der Waals surface area contributed by atoms with E-state index in [1.807, 2.05) is 53.1 Å². The van der Waals surface area contributed by atoms with Crippen LogP contribution in [0.5, 0.6) is 5.75 Å². The molecule has 3 rings (SSSR count). The molecule has 0 fully saturated rings. The number of rotatable bonds is 10. The van der Waals surface area contributed by atoms with Gasteiger partial charge in [0.2, 0.25) is 5.91 Å². The fourth-order valence-electron chi connectivity index (χ4n) is 2.95. The van der Waals surface area contributed by atoms with Crippen molar-refractivity contribution in [3.63, 3.8) is 0 Å². The third-order valence-corrected chi connectivity index (χ3v) is 5.92. The van der Waals surface area contributed by atoms with Crippen molar-refractivity contribution in [2.75, 3.05) is 11.1 Å². The molecular weight excluding hydrogens is 476 g/mol. The molecule has 1 amide bonds. The molecule has 1 N–H and O–H groups in total. The van der Waals surface area contributed by atoms with Gasteiger partial charge >= 0.3 is 0 Å². The van der Waals surface area contributed by atoms with E-state index in [0.717, 1.165) is 21.5 Å². The van der Waals surface area contributed by atoms with E-state index in [0.29, 0.717) is 23.4 Å². The summed E-state index contributed by atoms with van der Waals surface area (Å²) in [5.74, 6) is 1.87. The van der Waals surface area contributed by atoms with Gasteiger partial charge < -0.3 is 10.1 Å². The zero-order valence-electron chi connectivity index (χ0n) is 17.5. The lowest BCUT2D eigenvalue weighted by atomic mass is 10.0. The Morgan fingerprint density at radius 1 is 1.26 bits per heavy atom. The molecule has 0 radical (unpaired) electrons. The quantitative estimate of drug-likeness (QED) is 0.287. The Morgan fingerprint density at radius 3 is 2.74 bits per heavy atom. The number of hydrogen-bond acceptors (Lipinski definition) is 5. The SMILES string of the molecule is C=CCn1c(COc2ccccc2)nnc1SCC(=O)Nc1ccc(Br)cc1C(C)C. The van der Waals surface area contributed by atoms with Crippen LogP contribution in [-0.4, -0.2) is 26.4 Å². The lowest BCUT2D eigenvalue weighted by molar-refractivity contribution is -0.113. The highest BCUT2D eigenvalue weighted by Gasteiger charge is 2.15. The third kappa shape index (κ3) is 6.45. The Balaban J connectivity index is 1.64. The number of benzene rings is 2. The van der Waals surface area contributed by atoms with Crippen molar-refractivity contribution < 1.29 is 9.53 Å². The second-order valence-electron chi connectivity index (χ2n) is 7.12. The van der Waals surface area contributed by atoms with Gasteiger partial charge in [-0.25, -0.2) is 0 Å². The number of thioether (sulfide) groups is 1. The number of nitrogens with zero attached hydrogens (tertiary/aromatic N) is 3. The van der Waals surface area contributed by atoms with Crippen LogP contribution in [0.2, 0.25) is 0 Å². The predicted octanol–water partition coefficient (Wildman–Crippen LogP) is 5.66. The highest BCUT2D eigenvalue weighted by molar-refractivity contribution is 9.10. The van der Waals surface area contributed by atoms with E-state index < -0.39 is 0 Å². The van der Waals surface area contributed by atoms with Crippen molar-refractivity contribution in [3.8, 4) is 5.75 Å². The average Bonchev–Trinajstić information content (AvgIpc) is 3.14. The van der Waals surface area contributed by atoms with Crippen LogP contribution in [0.4, 0.5) is 5.69 Å². The molecule has 162 valence electrons. The molecule has 0 aliphatic heterocycles. The van der Waals surface area contributed by atoms with Gasteiger partial charge in [0.05, 0.1) is 5.75 Å². The molecule has 0 saturated carbocycles. The molecule has 2 aromatic carbocycles. The normalized spacial score (nSPS) is 10.8. The first kappa shape index (κ1) is 23.1. The fraction of sp³-hybridized carbons (Fsp3) is 0.261. The maximum atomic E-state index is 12.6. The third-order valence-electron chi connectivity index (χ3n) is 4.46. The molecule has 1 heterocycles. The van der Waals surface area contributed by atoms with E-state index in [4.69, 9.17) is 4.74 Å². The van der Waals surface area contributed by atoms with Gasteiger partial charge in [-0.15, -0.1) is 16.8 Å². The van der Waals surface area contributed by atoms with Crippen molar-refractivity contribution in [1.29, 1.82) is 0 Å². The van der Waals surface area contributed by atoms with Gasteiger partial charge in [0.25, 0.3) is 0 Å². The number of carbonyl (C=O) groups excluding carboxylic acids is 1. The Labute approximate surface area is 195 Å². The van der Waals surface area contributed by atoms with Crippen LogP contribution >= 0.6 is 27.7 Å². The topological polar surface area (TPSA) is 69.0 Å². The number of nitrogens with one attached hydrogen (secondary N) is 1. The summed E-state index contributed by atoms with van der Waals surface area (Å²) in [6.07, 6.45) is 1.77. The first-order valence-corrected chi connectivity index (χ1v) is 11.7. The molecule has 6 nitrogen and oxygen atoms in total. The smallest absolute Gasteiger partial charge is 0.234 e. The summed E-state index contributed by atoms with van der Waals surface area (Å²) in [5, 5.41) is 12.2. The Kier molecular flexibility index (Phi) is 8.31. The molecular formula is C23H25BrN4O2S. The van der Waals surface area contributed by atoms with Gasteiger partial charge in [-0.1, -0.05) is 65.8 Å². The summed E-state index contributed by atoms with van der Waals surface area (Å²) in [7, 11) is 0. The van der Waals surface area contributed by atoms with E-state index in [2.05, 4.69) is 51.9 Å². The number of anilines is 1. The molecule has 3 aromatic rings. The number of para-hydroxylation sites is 1. The molecule has 0 saturated heterocycles. The van der Waals surface area contributed by atoms with Crippen molar-refractivity contribution in [2.45, 2.75) is 38.1 Å². The zero-order valence-corrected chi connectivity index (χ0v) is 19.9. The molecule has 0 aliphatic carbocycles. The lowest BCUT2D eigenvalue weighted by Crippen LogP contribution is -2.16. The second kappa shape index (κ2) is 11.2. The number of halogens is 1. The Bertz CT molecular complexity index is 1040. The molecule has 0 atom stereocenters. The minimum Gasteiger partial charge on any atom is -0.486 e. The molecule has 1 aromatic heterocycles. The van der Waals surface area contributed by atoms with Crippen molar-refractivity contribution >= 4 is 39.3 Å². The van der Waals surface area contributed by atoms with Crippen LogP contribution < -0.4 is 10.1 Å².